The van der Waals surface area contributed by atoms with Crippen molar-refractivity contribution in [1.82, 2.24) is 4.57 Å². The topological polar surface area (TPSA) is 49.0 Å². The van der Waals surface area contributed by atoms with Gasteiger partial charge in [0.1, 0.15) is 0 Å². The summed E-state index contributed by atoms with van der Waals surface area (Å²) >= 11 is 0. The van der Waals surface area contributed by atoms with Gasteiger partial charge < -0.3 is 9.67 Å². The van der Waals surface area contributed by atoms with Gasteiger partial charge in [0.05, 0.1) is 18.6 Å². The van der Waals surface area contributed by atoms with Crippen LogP contribution in [0.2, 0.25) is 0 Å². The van der Waals surface area contributed by atoms with Gasteiger partial charge in [0.25, 0.3) is 0 Å². The lowest BCUT2D eigenvalue weighted by Crippen LogP contribution is -2.10. The molecule has 1 unspecified atom stereocenters. The number of benzene rings is 1. The van der Waals surface area contributed by atoms with Crippen molar-refractivity contribution >= 4 is 0 Å². The van der Waals surface area contributed by atoms with E-state index in [4.69, 9.17) is 5.26 Å². The molecule has 3 rings (SSSR count). The van der Waals surface area contributed by atoms with E-state index in [1.165, 1.54) is 5.69 Å². The van der Waals surface area contributed by atoms with Crippen molar-refractivity contribution in [3.05, 3.63) is 53.3 Å². The van der Waals surface area contributed by atoms with Crippen LogP contribution < -0.4 is 0 Å². The Balaban J connectivity index is 1.96. The summed E-state index contributed by atoms with van der Waals surface area (Å²) in [5.41, 5.74) is 4.41. The fourth-order valence-corrected chi connectivity index (χ4v) is 2.77. The van der Waals surface area contributed by atoms with Crippen LogP contribution in [-0.2, 0) is 12.8 Å². The van der Waals surface area contributed by atoms with Gasteiger partial charge in [-0.05, 0) is 43.0 Å². The summed E-state index contributed by atoms with van der Waals surface area (Å²) in [6, 6.07) is 12.2. The number of aliphatic hydroxyl groups is 1. The number of aliphatic hydroxyl groups excluding tert-OH is 1. The van der Waals surface area contributed by atoms with Crippen LogP contribution >= 0.6 is 0 Å². The Morgan fingerprint density at radius 1 is 1.26 bits per heavy atom. The van der Waals surface area contributed by atoms with Crippen molar-refractivity contribution in [3.8, 4) is 11.8 Å². The predicted octanol–water partition coefficient (Wildman–Crippen LogP) is 2.91. The van der Waals surface area contributed by atoms with Crippen molar-refractivity contribution in [2.24, 2.45) is 0 Å². The molecule has 1 aromatic carbocycles. The SMILES string of the molecule is N#CCc1ccc(-n2ccc3c2CCCC3O)cc1. The summed E-state index contributed by atoms with van der Waals surface area (Å²) in [6.07, 6.45) is 5.06. The first-order chi connectivity index (χ1) is 9.29. The maximum atomic E-state index is 9.99. The molecule has 0 spiro atoms. The highest BCUT2D eigenvalue weighted by Crippen LogP contribution is 2.31. The zero-order valence-corrected chi connectivity index (χ0v) is 10.7. The minimum absolute atomic E-state index is 0.317. The molecule has 2 aromatic rings. The van der Waals surface area contributed by atoms with Gasteiger partial charge in [0, 0.05) is 23.1 Å². The van der Waals surface area contributed by atoms with E-state index in [1.807, 2.05) is 36.5 Å². The maximum Gasteiger partial charge on any atom is 0.0807 e. The van der Waals surface area contributed by atoms with Crippen molar-refractivity contribution in [3.63, 3.8) is 0 Å². The maximum absolute atomic E-state index is 9.99. The molecular formula is C16H16N2O. The molecular weight excluding hydrogens is 236 g/mol. The van der Waals surface area contributed by atoms with Crippen molar-refractivity contribution in [2.75, 3.05) is 0 Å². The number of hydrogen-bond donors (Lipinski definition) is 1. The summed E-state index contributed by atoms with van der Waals surface area (Å²) in [5, 5.41) is 18.7. The lowest BCUT2D eigenvalue weighted by Gasteiger charge is -2.20. The van der Waals surface area contributed by atoms with Crippen LogP contribution in [0.25, 0.3) is 5.69 Å². The third-order valence-corrected chi connectivity index (χ3v) is 3.78. The first kappa shape index (κ1) is 12.0. The molecule has 0 amide bonds. The van der Waals surface area contributed by atoms with E-state index in [1.54, 1.807) is 0 Å². The van der Waals surface area contributed by atoms with Gasteiger partial charge in [-0.2, -0.15) is 5.26 Å². The molecule has 0 bridgehead atoms. The Hall–Kier alpha value is -2.05. The molecule has 1 heterocycles. The Morgan fingerprint density at radius 2 is 2.05 bits per heavy atom. The van der Waals surface area contributed by atoms with Crippen LogP contribution in [0.1, 0.15) is 35.8 Å². The molecule has 1 aromatic heterocycles. The fraction of sp³-hybridized carbons (Fsp3) is 0.312. The largest absolute Gasteiger partial charge is 0.388 e. The fourth-order valence-electron chi connectivity index (χ4n) is 2.77. The molecule has 96 valence electrons. The van der Waals surface area contributed by atoms with Crippen molar-refractivity contribution in [1.29, 1.82) is 5.26 Å². The van der Waals surface area contributed by atoms with Crippen molar-refractivity contribution in [2.45, 2.75) is 31.8 Å². The van der Waals surface area contributed by atoms with Gasteiger partial charge in [0.2, 0.25) is 0 Å². The molecule has 0 radical (unpaired) electrons. The molecule has 0 saturated carbocycles. The lowest BCUT2D eigenvalue weighted by atomic mass is 9.95. The van der Waals surface area contributed by atoms with E-state index in [0.29, 0.717) is 6.42 Å². The highest BCUT2D eigenvalue weighted by molar-refractivity contribution is 5.41. The quantitative estimate of drug-likeness (QED) is 0.893. The minimum atomic E-state index is -0.317. The van der Waals surface area contributed by atoms with Gasteiger partial charge in [-0.25, -0.2) is 0 Å². The van der Waals surface area contributed by atoms with Crippen molar-refractivity contribution < 1.29 is 5.11 Å². The first-order valence-electron chi connectivity index (χ1n) is 6.64. The molecule has 1 aliphatic rings. The third-order valence-electron chi connectivity index (χ3n) is 3.78. The normalized spacial score (nSPS) is 17.8. The minimum Gasteiger partial charge on any atom is -0.388 e. The average Bonchev–Trinajstić information content (AvgIpc) is 2.85. The highest BCUT2D eigenvalue weighted by Gasteiger charge is 2.21. The summed E-state index contributed by atoms with van der Waals surface area (Å²) in [5.74, 6) is 0. The van der Waals surface area contributed by atoms with E-state index < -0.39 is 0 Å². The zero-order valence-electron chi connectivity index (χ0n) is 10.7. The van der Waals surface area contributed by atoms with Crippen LogP contribution in [0.15, 0.2) is 36.5 Å². The summed E-state index contributed by atoms with van der Waals surface area (Å²) in [6.45, 7) is 0. The molecule has 1 aliphatic carbocycles. The highest BCUT2D eigenvalue weighted by atomic mass is 16.3. The molecule has 0 aliphatic heterocycles. The molecule has 3 nitrogen and oxygen atoms in total. The van der Waals surface area contributed by atoms with Crippen LogP contribution in [0, 0.1) is 11.3 Å². The van der Waals surface area contributed by atoms with E-state index in [-0.39, 0.29) is 6.10 Å². The molecule has 3 heteroatoms. The summed E-state index contributed by atoms with van der Waals surface area (Å²) < 4.78 is 2.15. The second kappa shape index (κ2) is 4.91. The number of hydrogen-bond acceptors (Lipinski definition) is 2. The molecule has 0 saturated heterocycles. The van der Waals surface area contributed by atoms with Crippen LogP contribution in [-0.4, -0.2) is 9.67 Å². The van der Waals surface area contributed by atoms with Gasteiger partial charge in [-0.15, -0.1) is 0 Å². The van der Waals surface area contributed by atoms with Crippen LogP contribution in [0.4, 0.5) is 0 Å². The van der Waals surface area contributed by atoms with Crippen LogP contribution in [0.3, 0.4) is 0 Å². The second-order valence-corrected chi connectivity index (χ2v) is 5.00. The smallest absolute Gasteiger partial charge is 0.0807 e. The molecule has 0 fully saturated rings. The zero-order chi connectivity index (χ0) is 13.2. The Labute approximate surface area is 112 Å². The molecule has 1 atom stereocenters. The Bertz CT molecular complexity index is 619. The van der Waals surface area contributed by atoms with Gasteiger partial charge in [-0.3, -0.25) is 0 Å². The Kier molecular flexibility index (Phi) is 3.10. The van der Waals surface area contributed by atoms with E-state index in [2.05, 4.69) is 10.6 Å². The van der Waals surface area contributed by atoms with E-state index in [0.717, 1.165) is 36.1 Å². The number of nitrogens with zero attached hydrogens (tertiary/aromatic N) is 2. The molecule has 19 heavy (non-hydrogen) atoms. The molecule has 1 N–H and O–H groups in total. The first-order valence-corrected chi connectivity index (χ1v) is 6.64. The summed E-state index contributed by atoms with van der Waals surface area (Å²) in [4.78, 5) is 0. The number of rotatable bonds is 2. The van der Waals surface area contributed by atoms with Gasteiger partial charge in [-0.1, -0.05) is 12.1 Å². The second-order valence-electron chi connectivity index (χ2n) is 5.00. The number of nitriles is 1. The number of aromatic nitrogens is 1. The lowest BCUT2D eigenvalue weighted by molar-refractivity contribution is 0.156. The van der Waals surface area contributed by atoms with Gasteiger partial charge in [0.15, 0.2) is 0 Å². The van der Waals surface area contributed by atoms with E-state index >= 15 is 0 Å². The summed E-state index contributed by atoms with van der Waals surface area (Å²) in [7, 11) is 0. The average molecular weight is 252 g/mol. The predicted molar refractivity (Wildman–Crippen MR) is 73.0 cm³/mol. The van der Waals surface area contributed by atoms with Crippen LogP contribution in [0.5, 0.6) is 0 Å². The third kappa shape index (κ3) is 2.16. The standard InChI is InChI=1S/C16H16N2O/c17-10-8-12-4-6-13(7-5-12)18-11-9-14-15(18)2-1-3-16(14)19/h4-7,9,11,16,19H,1-3,8H2. The monoisotopic (exact) mass is 252 g/mol. The van der Waals surface area contributed by atoms with Gasteiger partial charge >= 0.3 is 0 Å². The number of fused-ring (bicyclic) bond motifs is 1. The van der Waals surface area contributed by atoms with E-state index in [9.17, 15) is 5.11 Å². The Morgan fingerprint density at radius 3 is 2.79 bits per heavy atom.